The lowest BCUT2D eigenvalue weighted by Gasteiger charge is -2.35. The van der Waals surface area contributed by atoms with Crippen molar-refractivity contribution in [2.75, 3.05) is 26.3 Å². The number of nitrogens with one attached hydrogen (secondary N) is 2. The van der Waals surface area contributed by atoms with Crippen molar-refractivity contribution in [3.8, 4) is 5.75 Å². The van der Waals surface area contributed by atoms with Crippen LogP contribution in [0.25, 0.3) is 0 Å². The van der Waals surface area contributed by atoms with E-state index in [0.29, 0.717) is 39.1 Å². The number of hydrogen-bond acceptors (Lipinski definition) is 6. The van der Waals surface area contributed by atoms with E-state index in [-0.39, 0.29) is 35.8 Å². The number of para-hydroxylation sites is 1. The standard InChI is InChI=1S/C19H25N3O4/c1-2-25-19(24)12-7-9-22(10-8-12)18(23)17-14-11-26-15-6-4-3-5-13(15)16(14)20-21-17/h3-6,12,14,16-17,20-21H,2,7-11H2,1H3. The Hall–Kier alpha value is -2.12. The molecule has 0 saturated carbocycles. The molecule has 0 spiro atoms. The summed E-state index contributed by atoms with van der Waals surface area (Å²) in [5, 5.41) is 0. The van der Waals surface area contributed by atoms with Gasteiger partial charge in [-0.15, -0.1) is 0 Å². The molecule has 140 valence electrons. The summed E-state index contributed by atoms with van der Waals surface area (Å²) in [4.78, 5) is 26.8. The van der Waals surface area contributed by atoms with Crippen molar-refractivity contribution >= 4 is 11.9 Å². The van der Waals surface area contributed by atoms with E-state index in [2.05, 4.69) is 10.9 Å². The van der Waals surface area contributed by atoms with Gasteiger partial charge in [-0.05, 0) is 25.8 Å². The van der Waals surface area contributed by atoms with Crippen LogP contribution in [0.4, 0.5) is 0 Å². The SMILES string of the molecule is CCOC(=O)C1CCN(C(=O)C2NNC3c4ccccc4OCC23)CC1. The van der Waals surface area contributed by atoms with Crippen LogP contribution in [0.3, 0.4) is 0 Å². The molecule has 3 heterocycles. The molecule has 7 nitrogen and oxygen atoms in total. The summed E-state index contributed by atoms with van der Waals surface area (Å²) in [5.41, 5.74) is 7.55. The number of nitrogens with zero attached hydrogens (tertiary/aromatic N) is 1. The lowest BCUT2D eigenvalue weighted by atomic mass is 9.86. The highest BCUT2D eigenvalue weighted by molar-refractivity contribution is 5.83. The van der Waals surface area contributed by atoms with Crippen LogP contribution in [0.15, 0.2) is 24.3 Å². The van der Waals surface area contributed by atoms with Gasteiger partial charge in [0.2, 0.25) is 5.91 Å². The second-order valence-corrected chi connectivity index (χ2v) is 7.11. The Labute approximate surface area is 153 Å². The van der Waals surface area contributed by atoms with E-state index < -0.39 is 0 Å². The fourth-order valence-corrected chi connectivity index (χ4v) is 4.18. The molecule has 3 aliphatic heterocycles. The van der Waals surface area contributed by atoms with Crippen molar-refractivity contribution in [2.24, 2.45) is 11.8 Å². The molecule has 26 heavy (non-hydrogen) atoms. The van der Waals surface area contributed by atoms with Crippen molar-refractivity contribution in [2.45, 2.75) is 31.8 Å². The van der Waals surface area contributed by atoms with E-state index in [9.17, 15) is 9.59 Å². The molecule has 2 N–H and O–H groups in total. The maximum Gasteiger partial charge on any atom is 0.309 e. The molecule has 3 unspecified atom stereocenters. The Bertz CT molecular complexity index is 687. The van der Waals surface area contributed by atoms with E-state index in [1.165, 1.54) is 0 Å². The number of hydrogen-bond donors (Lipinski definition) is 2. The zero-order valence-electron chi connectivity index (χ0n) is 14.9. The van der Waals surface area contributed by atoms with Crippen molar-refractivity contribution in [1.29, 1.82) is 0 Å². The number of benzene rings is 1. The van der Waals surface area contributed by atoms with Gasteiger partial charge >= 0.3 is 5.97 Å². The number of rotatable bonds is 3. The third-order valence-electron chi connectivity index (χ3n) is 5.63. The molecule has 0 radical (unpaired) electrons. The number of carbonyl (C=O) groups excluding carboxylic acids is 2. The topological polar surface area (TPSA) is 79.9 Å². The van der Waals surface area contributed by atoms with Crippen molar-refractivity contribution in [3.63, 3.8) is 0 Å². The van der Waals surface area contributed by atoms with Gasteiger partial charge in [-0.25, -0.2) is 10.9 Å². The Morgan fingerprint density at radius 1 is 1.23 bits per heavy atom. The quantitative estimate of drug-likeness (QED) is 0.785. The molecule has 7 heteroatoms. The molecule has 4 rings (SSSR count). The number of piperidine rings is 1. The lowest BCUT2D eigenvalue weighted by molar-refractivity contribution is -0.151. The van der Waals surface area contributed by atoms with Crippen molar-refractivity contribution in [1.82, 2.24) is 15.8 Å². The van der Waals surface area contributed by atoms with E-state index in [1.807, 2.05) is 36.1 Å². The number of fused-ring (bicyclic) bond motifs is 3. The minimum atomic E-state index is -0.313. The first-order valence-corrected chi connectivity index (χ1v) is 9.37. The summed E-state index contributed by atoms with van der Waals surface area (Å²) in [6, 6.07) is 7.71. The molecule has 2 fully saturated rings. The first-order valence-electron chi connectivity index (χ1n) is 9.37. The van der Waals surface area contributed by atoms with Gasteiger partial charge in [0.1, 0.15) is 11.8 Å². The fourth-order valence-electron chi connectivity index (χ4n) is 4.18. The maximum absolute atomic E-state index is 13.0. The average molecular weight is 359 g/mol. The van der Waals surface area contributed by atoms with Gasteiger partial charge in [-0.2, -0.15) is 0 Å². The van der Waals surface area contributed by atoms with E-state index >= 15 is 0 Å². The molecule has 0 aliphatic carbocycles. The Morgan fingerprint density at radius 3 is 2.77 bits per heavy atom. The van der Waals surface area contributed by atoms with Gasteiger partial charge in [0.05, 0.1) is 25.2 Å². The predicted molar refractivity (Wildman–Crippen MR) is 94.2 cm³/mol. The van der Waals surface area contributed by atoms with Gasteiger partial charge in [0.25, 0.3) is 0 Å². The van der Waals surface area contributed by atoms with Crippen LogP contribution in [-0.4, -0.2) is 49.1 Å². The zero-order valence-corrected chi connectivity index (χ0v) is 14.9. The third-order valence-corrected chi connectivity index (χ3v) is 5.63. The largest absolute Gasteiger partial charge is 0.493 e. The van der Waals surface area contributed by atoms with Gasteiger partial charge in [0, 0.05) is 24.6 Å². The summed E-state index contributed by atoms with van der Waals surface area (Å²) >= 11 is 0. The van der Waals surface area contributed by atoms with E-state index in [4.69, 9.17) is 9.47 Å². The van der Waals surface area contributed by atoms with E-state index in [1.54, 1.807) is 0 Å². The number of esters is 1. The Morgan fingerprint density at radius 2 is 2.00 bits per heavy atom. The first kappa shape index (κ1) is 17.3. The molecule has 0 aromatic heterocycles. The molecular formula is C19H25N3O4. The minimum absolute atomic E-state index is 0.0557. The number of hydrazine groups is 1. The van der Waals surface area contributed by atoms with Crippen LogP contribution >= 0.6 is 0 Å². The normalized spacial score (nSPS) is 28.0. The predicted octanol–water partition coefficient (Wildman–Crippen LogP) is 1.01. The first-order chi connectivity index (χ1) is 12.7. The highest BCUT2D eigenvalue weighted by atomic mass is 16.5. The Kier molecular flexibility index (Phi) is 4.82. The molecule has 2 saturated heterocycles. The summed E-state index contributed by atoms with van der Waals surface area (Å²) in [6.45, 7) is 3.92. The summed E-state index contributed by atoms with van der Waals surface area (Å²) in [6.07, 6.45) is 1.33. The smallest absolute Gasteiger partial charge is 0.309 e. The van der Waals surface area contributed by atoms with E-state index in [0.717, 1.165) is 11.3 Å². The Balaban J connectivity index is 1.39. The summed E-state index contributed by atoms with van der Waals surface area (Å²) < 4.78 is 11.0. The van der Waals surface area contributed by atoms with Crippen LogP contribution in [0.2, 0.25) is 0 Å². The van der Waals surface area contributed by atoms with Gasteiger partial charge in [0.15, 0.2) is 0 Å². The van der Waals surface area contributed by atoms with Crippen molar-refractivity contribution < 1.29 is 19.1 Å². The molecule has 1 amide bonds. The lowest BCUT2D eigenvalue weighted by Crippen LogP contribution is -2.51. The zero-order chi connectivity index (χ0) is 18.1. The number of likely N-dealkylation sites (tertiary alicyclic amines) is 1. The fraction of sp³-hybridized carbons (Fsp3) is 0.579. The maximum atomic E-state index is 13.0. The minimum Gasteiger partial charge on any atom is -0.493 e. The van der Waals surface area contributed by atoms with Crippen LogP contribution in [-0.2, 0) is 14.3 Å². The van der Waals surface area contributed by atoms with Crippen molar-refractivity contribution in [3.05, 3.63) is 29.8 Å². The second kappa shape index (κ2) is 7.25. The molecule has 3 atom stereocenters. The average Bonchev–Trinajstić information content (AvgIpc) is 3.12. The van der Waals surface area contributed by atoms with Gasteiger partial charge in [-0.1, -0.05) is 18.2 Å². The van der Waals surface area contributed by atoms with Crippen LogP contribution in [0, 0.1) is 11.8 Å². The molecule has 3 aliphatic rings. The van der Waals surface area contributed by atoms with Gasteiger partial charge in [-0.3, -0.25) is 9.59 Å². The third kappa shape index (κ3) is 3.05. The van der Waals surface area contributed by atoms with Crippen LogP contribution in [0.5, 0.6) is 5.75 Å². The summed E-state index contributed by atoms with van der Waals surface area (Å²) in [5.74, 6) is 0.783. The monoisotopic (exact) mass is 359 g/mol. The number of amides is 1. The van der Waals surface area contributed by atoms with Crippen LogP contribution < -0.4 is 15.6 Å². The molecule has 1 aromatic rings. The number of ether oxygens (including phenoxy) is 2. The van der Waals surface area contributed by atoms with Gasteiger partial charge < -0.3 is 14.4 Å². The summed E-state index contributed by atoms with van der Waals surface area (Å²) in [7, 11) is 0. The number of carbonyl (C=O) groups is 2. The highest BCUT2D eigenvalue weighted by Crippen LogP contribution is 2.39. The molecular weight excluding hydrogens is 334 g/mol. The second-order valence-electron chi connectivity index (χ2n) is 7.11. The molecule has 1 aromatic carbocycles. The highest BCUT2D eigenvalue weighted by Gasteiger charge is 2.46. The van der Waals surface area contributed by atoms with Crippen LogP contribution in [0.1, 0.15) is 31.4 Å². The molecule has 0 bridgehead atoms.